The molecule has 0 bridgehead atoms. The maximum absolute atomic E-state index is 11.8. The molecule has 0 aliphatic rings. The maximum Gasteiger partial charge on any atom is 0.352 e. The quantitative estimate of drug-likeness (QED) is 0.856. The zero-order valence-corrected chi connectivity index (χ0v) is 11.3. The van der Waals surface area contributed by atoms with Crippen LogP contribution in [-0.2, 0) is 0 Å². The van der Waals surface area contributed by atoms with Gasteiger partial charge in [0, 0.05) is 24.1 Å². The number of rotatable bonds is 5. The number of H-pyrrole nitrogens is 1. The van der Waals surface area contributed by atoms with E-state index in [1.165, 1.54) is 0 Å². The molecule has 1 aromatic carbocycles. The Morgan fingerprint density at radius 1 is 1.35 bits per heavy atom. The molecule has 0 saturated carbocycles. The topological polar surface area (TPSA) is 82.6 Å². The number of carboxylic acids is 1. The molecular formula is C14H16N2O4. The summed E-state index contributed by atoms with van der Waals surface area (Å²) >= 11 is 0. The average molecular weight is 276 g/mol. The van der Waals surface area contributed by atoms with Crippen LogP contribution in [0.2, 0.25) is 0 Å². The minimum Gasteiger partial charge on any atom is -0.492 e. The molecular weight excluding hydrogens is 260 g/mol. The van der Waals surface area contributed by atoms with Gasteiger partial charge in [0.05, 0.1) is 5.52 Å². The van der Waals surface area contributed by atoms with Crippen molar-refractivity contribution < 1.29 is 14.6 Å². The first kappa shape index (κ1) is 14.1. The number of nitrogens with zero attached hydrogens (tertiary/aromatic N) is 1. The summed E-state index contributed by atoms with van der Waals surface area (Å²) in [5.74, 6) is -0.569. The smallest absolute Gasteiger partial charge is 0.352 e. The molecule has 0 atom stereocenters. The van der Waals surface area contributed by atoms with E-state index in [1.54, 1.807) is 18.2 Å². The molecule has 1 aromatic heterocycles. The number of nitrogens with one attached hydrogen (secondary N) is 1. The highest BCUT2D eigenvalue weighted by atomic mass is 16.5. The summed E-state index contributed by atoms with van der Waals surface area (Å²) in [5, 5.41) is 9.37. The third-order valence-corrected chi connectivity index (χ3v) is 2.84. The van der Waals surface area contributed by atoms with E-state index in [2.05, 4.69) is 4.98 Å². The number of aromatic nitrogens is 1. The van der Waals surface area contributed by atoms with Crippen molar-refractivity contribution in [1.29, 1.82) is 0 Å². The van der Waals surface area contributed by atoms with Gasteiger partial charge in [0.1, 0.15) is 18.1 Å². The highest BCUT2D eigenvalue weighted by Crippen LogP contribution is 2.17. The van der Waals surface area contributed by atoms with Gasteiger partial charge in [0.15, 0.2) is 5.43 Å². The van der Waals surface area contributed by atoms with Crippen molar-refractivity contribution in [1.82, 2.24) is 9.88 Å². The monoisotopic (exact) mass is 276 g/mol. The molecule has 0 unspecified atom stereocenters. The molecule has 0 radical (unpaired) electrons. The molecule has 2 N–H and O–H groups in total. The van der Waals surface area contributed by atoms with E-state index in [0.717, 1.165) is 12.6 Å². The minimum absolute atomic E-state index is 0.132. The highest BCUT2D eigenvalue weighted by molar-refractivity contribution is 5.90. The number of hydrogen-bond donors (Lipinski definition) is 2. The van der Waals surface area contributed by atoms with E-state index in [-0.39, 0.29) is 11.1 Å². The Bertz CT molecular complexity index is 691. The Hall–Kier alpha value is -2.34. The van der Waals surface area contributed by atoms with Crippen molar-refractivity contribution in [2.75, 3.05) is 27.2 Å². The number of benzene rings is 1. The van der Waals surface area contributed by atoms with Crippen molar-refractivity contribution >= 4 is 16.9 Å². The molecule has 0 saturated heterocycles. The number of ether oxygens (including phenoxy) is 1. The molecule has 2 aromatic rings. The molecule has 6 nitrogen and oxygen atoms in total. The van der Waals surface area contributed by atoms with Crippen molar-refractivity contribution in [3.63, 3.8) is 0 Å². The summed E-state index contributed by atoms with van der Waals surface area (Å²) in [5.41, 5.74) is 0.00110. The second-order valence-corrected chi connectivity index (χ2v) is 4.71. The average Bonchev–Trinajstić information content (AvgIpc) is 2.37. The van der Waals surface area contributed by atoms with Gasteiger partial charge in [-0.2, -0.15) is 0 Å². The summed E-state index contributed by atoms with van der Waals surface area (Å²) in [7, 11) is 3.89. The van der Waals surface area contributed by atoms with Crippen molar-refractivity contribution in [2.45, 2.75) is 0 Å². The van der Waals surface area contributed by atoms with Crippen LogP contribution in [-0.4, -0.2) is 48.2 Å². The normalized spacial score (nSPS) is 10.9. The van der Waals surface area contributed by atoms with Gasteiger partial charge in [-0.25, -0.2) is 4.79 Å². The van der Waals surface area contributed by atoms with E-state index in [0.29, 0.717) is 23.3 Å². The predicted octanol–water partition coefficient (Wildman–Crippen LogP) is 1.17. The largest absolute Gasteiger partial charge is 0.492 e. The SMILES string of the molecule is CN(C)CCOc1ccc2c(=O)cc(C(=O)O)[nH]c2c1. The fourth-order valence-electron chi connectivity index (χ4n) is 1.78. The summed E-state index contributed by atoms with van der Waals surface area (Å²) in [6.45, 7) is 1.28. The number of aromatic amines is 1. The number of carbonyl (C=O) groups is 1. The lowest BCUT2D eigenvalue weighted by Crippen LogP contribution is -2.19. The Kier molecular flexibility index (Phi) is 4.05. The number of hydrogen-bond acceptors (Lipinski definition) is 4. The fraction of sp³-hybridized carbons (Fsp3) is 0.286. The molecule has 20 heavy (non-hydrogen) atoms. The molecule has 106 valence electrons. The standard InChI is InChI=1S/C14H16N2O4/c1-16(2)5-6-20-9-3-4-10-11(7-9)15-12(14(18)19)8-13(10)17/h3-4,7-8H,5-6H2,1-2H3,(H,15,17)(H,18,19). The van der Waals surface area contributed by atoms with Gasteiger partial charge in [0.25, 0.3) is 0 Å². The van der Waals surface area contributed by atoms with E-state index in [4.69, 9.17) is 9.84 Å². The first-order valence-corrected chi connectivity index (χ1v) is 6.15. The molecule has 6 heteroatoms. The Morgan fingerprint density at radius 3 is 2.75 bits per heavy atom. The van der Waals surface area contributed by atoms with Crippen molar-refractivity contribution in [2.24, 2.45) is 0 Å². The molecule has 0 aliphatic carbocycles. The van der Waals surface area contributed by atoms with E-state index < -0.39 is 5.97 Å². The number of likely N-dealkylation sites (N-methyl/N-ethyl adjacent to an activating group) is 1. The van der Waals surface area contributed by atoms with Gasteiger partial charge in [-0.15, -0.1) is 0 Å². The zero-order valence-electron chi connectivity index (χ0n) is 11.3. The van der Waals surface area contributed by atoms with Crippen LogP contribution in [0.15, 0.2) is 29.1 Å². The van der Waals surface area contributed by atoms with Crippen LogP contribution in [0.3, 0.4) is 0 Å². The number of carboxylic acid groups (broad SMARTS) is 1. The van der Waals surface area contributed by atoms with E-state index in [1.807, 2.05) is 19.0 Å². The van der Waals surface area contributed by atoms with E-state index in [9.17, 15) is 9.59 Å². The molecule has 0 aliphatic heterocycles. The summed E-state index contributed by atoms with van der Waals surface area (Å²) < 4.78 is 5.55. The van der Waals surface area contributed by atoms with Crippen LogP contribution >= 0.6 is 0 Å². The molecule has 2 rings (SSSR count). The molecule has 0 fully saturated rings. The van der Waals surface area contributed by atoms with Crippen LogP contribution in [0.25, 0.3) is 10.9 Å². The van der Waals surface area contributed by atoms with E-state index >= 15 is 0 Å². The van der Waals surface area contributed by atoms with Gasteiger partial charge >= 0.3 is 5.97 Å². The summed E-state index contributed by atoms with van der Waals surface area (Å²) in [6.07, 6.45) is 0. The first-order valence-electron chi connectivity index (χ1n) is 6.15. The zero-order chi connectivity index (χ0) is 14.7. The van der Waals surface area contributed by atoms with Gasteiger partial charge in [-0.3, -0.25) is 4.79 Å². The van der Waals surface area contributed by atoms with Crippen LogP contribution < -0.4 is 10.2 Å². The van der Waals surface area contributed by atoms with Crippen LogP contribution in [0.4, 0.5) is 0 Å². The second-order valence-electron chi connectivity index (χ2n) is 4.71. The van der Waals surface area contributed by atoms with Crippen LogP contribution in [0, 0.1) is 0 Å². The Balaban J connectivity index is 2.32. The Labute approximate surface area is 115 Å². The molecule has 0 spiro atoms. The third kappa shape index (κ3) is 3.16. The molecule has 1 heterocycles. The summed E-state index contributed by atoms with van der Waals surface area (Å²) in [4.78, 5) is 27.4. The predicted molar refractivity (Wildman–Crippen MR) is 75.6 cm³/mol. The van der Waals surface area contributed by atoms with Gasteiger partial charge < -0.3 is 19.7 Å². The van der Waals surface area contributed by atoms with Crippen LogP contribution in [0.1, 0.15) is 10.5 Å². The Morgan fingerprint density at radius 2 is 2.10 bits per heavy atom. The lowest BCUT2D eigenvalue weighted by Gasteiger charge is -2.11. The van der Waals surface area contributed by atoms with Crippen molar-refractivity contribution in [3.05, 3.63) is 40.2 Å². The van der Waals surface area contributed by atoms with Gasteiger partial charge in [0.2, 0.25) is 0 Å². The first-order chi connectivity index (χ1) is 9.47. The third-order valence-electron chi connectivity index (χ3n) is 2.84. The maximum atomic E-state index is 11.8. The van der Waals surface area contributed by atoms with Gasteiger partial charge in [-0.05, 0) is 26.2 Å². The number of fused-ring (bicyclic) bond motifs is 1. The van der Waals surface area contributed by atoms with Crippen molar-refractivity contribution in [3.8, 4) is 5.75 Å². The minimum atomic E-state index is -1.16. The molecule has 0 amide bonds. The number of aromatic carboxylic acids is 1. The number of pyridine rings is 1. The lowest BCUT2D eigenvalue weighted by atomic mass is 10.2. The fourth-order valence-corrected chi connectivity index (χ4v) is 1.78. The van der Waals surface area contributed by atoms with Gasteiger partial charge in [-0.1, -0.05) is 0 Å². The lowest BCUT2D eigenvalue weighted by molar-refractivity contribution is 0.0691. The second kappa shape index (κ2) is 5.75. The summed E-state index contributed by atoms with van der Waals surface area (Å²) in [6, 6.07) is 6.05. The highest BCUT2D eigenvalue weighted by Gasteiger charge is 2.08. The van der Waals surface area contributed by atoms with Crippen LogP contribution in [0.5, 0.6) is 5.75 Å².